The lowest BCUT2D eigenvalue weighted by molar-refractivity contribution is 0.419. The molecule has 0 radical (unpaired) electrons. The van der Waals surface area contributed by atoms with Crippen molar-refractivity contribution in [1.29, 1.82) is 0 Å². The third kappa shape index (κ3) is 7.96. The Morgan fingerprint density at radius 2 is 0.533 bits per heavy atom. The van der Waals surface area contributed by atoms with E-state index in [1.165, 1.54) is 39.6 Å². The molecule has 0 aromatic carbocycles. The summed E-state index contributed by atoms with van der Waals surface area (Å²) in [7, 11) is 0.466. The minimum Gasteiger partial charge on any atom is -0.0959 e. The zero-order valence-corrected chi connectivity index (χ0v) is 32.6. The molecule has 258 valence electrons. The Balaban J connectivity index is 1.40. The highest BCUT2D eigenvalue weighted by Gasteiger charge is 2.61. The van der Waals surface area contributed by atoms with E-state index in [0.717, 1.165) is 4.90 Å². The molecule has 0 aromatic heterocycles. The molecule has 7 fully saturated rings. The second-order valence-electron chi connectivity index (χ2n) is 17.7. The maximum absolute atomic E-state index is 1.76. The van der Waals surface area contributed by atoms with Crippen LogP contribution in [0.25, 0.3) is 0 Å². The maximum atomic E-state index is 1.76. The molecule has 0 N–H and O–H groups in total. The van der Waals surface area contributed by atoms with E-state index in [2.05, 4.69) is 0 Å². The summed E-state index contributed by atoms with van der Waals surface area (Å²) >= 11 is 0. The Labute approximate surface area is 285 Å². The SMILES string of the molecule is C1CCC(P(C2CCCCC2)C2CCCCC2(P(C2CCCCC2)C2CCCCC2)P(C2CCCCC2)C2CCCCC2)CC1. The van der Waals surface area contributed by atoms with E-state index in [4.69, 9.17) is 0 Å². The van der Waals surface area contributed by atoms with Crippen molar-refractivity contribution in [1.82, 2.24) is 0 Å². The van der Waals surface area contributed by atoms with E-state index < -0.39 is 0 Å². The molecule has 0 bridgehead atoms. The van der Waals surface area contributed by atoms with Crippen molar-refractivity contribution in [3.63, 3.8) is 0 Å². The lowest BCUT2D eigenvalue weighted by atomic mass is 9.97. The van der Waals surface area contributed by atoms with Gasteiger partial charge in [-0.25, -0.2) is 0 Å². The van der Waals surface area contributed by atoms with Gasteiger partial charge in [0, 0.05) is 4.90 Å². The Kier molecular flexibility index (Phi) is 13.5. The molecule has 1 unspecified atom stereocenters. The second kappa shape index (κ2) is 17.5. The molecule has 7 rings (SSSR count). The summed E-state index contributed by atoms with van der Waals surface area (Å²) in [6.45, 7) is 0. The van der Waals surface area contributed by atoms with Crippen LogP contribution >= 0.6 is 23.8 Å². The molecule has 0 spiro atoms. The van der Waals surface area contributed by atoms with E-state index >= 15 is 0 Å². The average molecular weight is 673 g/mol. The standard InChI is InChI=1S/C42H75P3/c1-7-21-35(22-8-1)43(36-23-9-2-10-24-36)41-33-19-20-34-42(41,44(37-25-11-3-12-26-37)38-27-13-4-14-28-38)45(39-29-15-5-16-30-39)40-31-17-6-18-32-40/h35-41H,1-34H2. The molecule has 7 saturated carbocycles. The van der Waals surface area contributed by atoms with Gasteiger partial charge in [0.15, 0.2) is 0 Å². The van der Waals surface area contributed by atoms with Crippen LogP contribution in [0.2, 0.25) is 0 Å². The molecule has 7 aliphatic carbocycles. The van der Waals surface area contributed by atoms with E-state index in [-0.39, 0.29) is 23.8 Å². The van der Waals surface area contributed by atoms with Gasteiger partial charge >= 0.3 is 0 Å². The van der Waals surface area contributed by atoms with Crippen LogP contribution in [-0.2, 0) is 0 Å². The van der Waals surface area contributed by atoms with Crippen molar-refractivity contribution in [2.45, 2.75) is 263 Å². The van der Waals surface area contributed by atoms with Crippen LogP contribution in [0.4, 0.5) is 0 Å². The Morgan fingerprint density at radius 1 is 0.267 bits per heavy atom. The first-order valence-corrected chi connectivity index (χ1v) is 26.2. The van der Waals surface area contributed by atoms with Crippen molar-refractivity contribution in [3.05, 3.63) is 0 Å². The van der Waals surface area contributed by atoms with Crippen molar-refractivity contribution in [3.8, 4) is 0 Å². The van der Waals surface area contributed by atoms with Gasteiger partial charge in [0.05, 0.1) is 0 Å². The molecule has 0 saturated heterocycles. The van der Waals surface area contributed by atoms with Gasteiger partial charge in [-0.2, -0.15) is 0 Å². The van der Waals surface area contributed by atoms with Crippen LogP contribution < -0.4 is 0 Å². The number of hydrogen-bond acceptors (Lipinski definition) is 0. The number of rotatable bonds is 9. The van der Waals surface area contributed by atoms with E-state index in [1.807, 2.05) is 0 Å². The Morgan fingerprint density at radius 3 is 0.844 bits per heavy atom. The molecule has 0 amide bonds. The first-order chi connectivity index (χ1) is 22.4. The minimum absolute atomic E-state index is 0.143. The molecular weight excluding hydrogens is 597 g/mol. The fraction of sp³-hybridized carbons (Fsp3) is 1.00. The Bertz CT molecular complexity index is 742. The molecule has 0 aromatic rings. The molecular formula is C42H75P3. The van der Waals surface area contributed by atoms with E-state index in [1.54, 1.807) is 218 Å². The van der Waals surface area contributed by atoms with Crippen LogP contribution in [0.3, 0.4) is 0 Å². The van der Waals surface area contributed by atoms with Crippen LogP contribution in [-0.4, -0.2) is 44.5 Å². The predicted octanol–water partition coefficient (Wildman–Crippen LogP) is 15.1. The van der Waals surface area contributed by atoms with Gasteiger partial charge in [0.25, 0.3) is 0 Å². The quantitative estimate of drug-likeness (QED) is 0.214. The molecule has 45 heavy (non-hydrogen) atoms. The third-order valence-electron chi connectivity index (χ3n) is 14.9. The maximum Gasteiger partial charge on any atom is 0.0183 e. The summed E-state index contributed by atoms with van der Waals surface area (Å²) in [6.07, 6.45) is 55.3. The van der Waals surface area contributed by atoms with Crippen molar-refractivity contribution in [2.24, 2.45) is 0 Å². The van der Waals surface area contributed by atoms with Gasteiger partial charge in [0.1, 0.15) is 0 Å². The van der Waals surface area contributed by atoms with Gasteiger partial charge in [-0.3, -0.25) is 0 Å². The topological polar surface area (TPSA) is 0 Å². The molecule has 1 atom stereocenters. The van der Waals surface area contributed by atoms with Gasteiger partial charge < -0.3 is 0 Å². The van der Waals surface area contributed by atoms with E-state index in [9.17, 15) is 0 Å². The van der Waals surface area contributed by atoms with Crippen LogP contribution in [0.1, 0.15) is 218 Å². The lowest BCUT2D eigenvalue weighted by Crippen LogP contribution is -2.51. The van der Waals surface area contributed by atoms with Gasteiger partial charge in [0.2, 0.25) is 0 Å². The van der Waals surface area contributed by atoms with Crippen LogP contribution in [0.5, 0.6) is 0 Å². The minimum atomic E-state index is 0.143. The molecule has 0 aliphatic heterocycles. The normalized spacial score (nSPS) is 31.7. The van der Waals surface area contributed by atoms with Gasteiger partial charge in [-0.1, -0.05) is 152 Å². The fourth-order valence-electron chi connectivity index (χ4n) is 13.1. The highest BCUT2D eigenvalue weighted by molar-refractivity contribution is 7.80. The van der Waals surface area contributed by atoms with Crippen LogP contribution in [0, 0.1) is 0 Å². The molecule has 0 heterocycles. The summed E-state index contributed by atoms with van der Waals surface area (Å²) in [5, 5.41) is 0. The predicted molar refractivity (Wildman–Crippen MR) is 207 cm³/mol. The zero-order valence-electron chi connectivity index (χ0n) is 29.9. The summed E-state index contributed by atoms with van der Waals surface area (Å²) in [5.41, 5.74) is 8.23. The molecule has 0 nitrogen and oxygen atoms in total. The zero-order chi connectivity index (χ0) is 30.3. The monoisotopic (exact) mass is 673 g/mol. The van der Waals surface area contributed by atoms with Crippen molar-refractivity contribution in [2.75, 3.05) is 0 Å². The molecule has 3 heteroatoms. The molecule has 7 aliphatic rings. The largest absolute Gasteiger partial charge is 0.0959 e. The lowest BCUT2D eigenvalue weighted by Gasteiger charge is -2.65. The smallest absolute Gasteiger partial charge is 0.0183 e. The first-order valence-electron chi connectivity index (χ1n) is 21.7. The highest BCUT2D eigenvalue weighted by atomic mass is 31.2. The number of hydrogen-bond donors (Lipinski definition) is 0. The second-order valence-corrected chi connectivity index (χ2v) is 27.1. The fourth-order valence-corrected chi connectivity index (χ4v) is 31.5. The summed E-state index contributed by atoms with van der Waals surface area (Å²) in [6, 6.07) is 0. The van der Waals surface area contributed by atoms with Crippen molar-refractivity contribution >= 4 is 23.8 Å². The summed E-state index contributed by atoms with van der Waals surface area (Å²) in [4.78, 5) is 0.845. The van der Waals surface area contributed by atoms with Crippen molar-refractivity contribution < 1.29 is 0 Å². The first kappa shape index (κ1) is 34.7. The van der Waals surface area contributed by atoms with Crippen LogP contribution in [0.15, 0.2) is 0 Å². The van der Waals surface area contributed by atoms with Gasteiger partial charge in [-0.05, 0) is 130 Å². The highest BCUT2D eigenvalue weighted by Crippen LogP contribution is 2.86. The average Bonchev–Trinajstić information content (AvgIpc) is 3.12. The third-order valence-corrected chi connectivity index (χ3v) is 28.9. The van der Waals surface area contributed by atoms with E-state index in [0.29, 0.717) is 0 Å². The summed E-state index contributed by atoms with van der Waals surface area (Å²) < 4.78 is 0. The summed E-state index contributed by atoms with van der Waals surface area (Å²) in [5.74, 6) is 0. The van der Waals surface area contributed by atoms with Gasteiger partial charge in [-0.15, -0.1) is 0 Å². The Hall–Kier alpha value is 1.29.